The van der Waals surface area contributed by atoms with Gasteiger partial charge in [0.25, 0.3) is 5.91 Å². The predicted molar refractivity (Wildman–Crippen MR) is 103 cm³/mol. The summed E-state index contributed by atoms with van der Waals surface area (Å²) < 4.78 is 15.9. The van der Waals surface area contributed by atoms with Gasteiger partial charge < -0.3 is 19.2 Å². The molecule has 5 rings (SSSR count). The molecule has 2 amide bonds. The van der Waals surface area contributed by atoms with E-state index in [4.69, 9.17) is 14.2 Å². The maximum atomic E-state index is 12.9. The van der Waals surface area contributed by atoms with Crippen LogP contribution in [0.1, 0.15) is 12.0 Å². The van der Waals surface area contributed by atoms with Gasteiger partial charge in [-0.25, -0.2) is 4.90 Å². The zero-order valence-electron chi connectivity index (χ0n) is 15.0. The number of methoxy groups -OCH3 is 1. The highest BCUT2D eigenvalue weighted by atomic mass is 16.7. The number of aromatic amines is 1. The van der Waals surface area contributed by atoms with E-state index < -0.39 is 0 Å². The minimum absolute atomic E-state index is 0.0456. The number of hydrogen-bond donors (Lipinski definition) is 1. The van der Waals surface area contributed by atoms with Gasteiger partial charge in [-0.3, -0.25) is 9.59 Å². The minimum atomic E-state index is -0.332. The number of nitrogens with zero attached hydrogens (tertiary/aromatic N) is 1. The molecule has 3 aromatic rings. The Morgan fingerprint density at radius 1 is 1.11 bits per heavy atom. The number of anilines is 1. The Morgan fingerprint density at radius 2 is 1.96 bits per heavy atom. The molecule has 1 N–H and O–H groups in total. The summed E-state index contributed by atoms with van der Waals surface area (Å²) in [6.07, 6.45) is 3.62. The lowest BCUT2D eigenvalue weighted by Crippen LogP contribution is -2.28. The van der Waals surface area contributed by atoms with Crippen LogP contribution in [-0.2, 0) is 9.59 Å². The van der Waals surface area contributed by atoms with Crippen molar-refractivity contribution in [3.05, 3.63) is 53.7 Å². The number of nitrogens with one attached hydrogen (secondary N) is 1. The summed E-state index contributed by atoms with van der Waals surface area (Å²) >= 11 is 0. The third kappa shape index (κ3) is 2.51. The molecule has 1 aromatic heterocycles. The van der Waals surface area contributed by atoms with E-state index in [-0.39, 0.29) is 25.0 Å². The molecule has 0 unspecified atom stereocenters. The molecule has 3 heterocycles. The van der Waals surface area contributed by atoms with Gasteiger partial charge in [-0.1, -0.05) is 0 Å². The molecule has 7 heteroatoms. The summed E-state index contributed by atoms with van der Waals surface area (Å²) in [6, 6.07) is 10.7. The zero-order chi connectivity index (χ0) is 19.3. The van der Waals surface area contributed by atoms with Crippen molar-refractivity contribution in [2.24, 2.45) is 0 Å². The van der Waals surface area contributed by atoms with Crippen molar-refractivity contribution in [1.29, 1.82) is 0 Å². The molecule has 2 aliphatic rings. The molecule has 140 valence electrons. The molecule has 28 heavy (non-hydrogen) atoms. The van der Waals surface area contributed by atoms with E-state index in [2.05, 4.69) is 4.98 Å². The lowest BCUT2D eigenvalue weighted by atomic mass is 10.1. The van der Waals surface area contributed by atoms with Crippen LogP contribution in [0.3, 0.4) is 0 Å². The normalized spacial score (nSPS) is 17.2. The summed E-state index contributed by atoms with van der Waals surface area (Å²) in [5.74, 6) is 1.25. The van der Waals surface area contributed by atoms with Gasteiger partial charge >= 0.3 is 0 Å². The highest BCUT2D eigenvalue weighted by molar-refractivity contribution is 6.29. The van der Waals surface area contributed by atoms with Crippen molar-refractivity contribution < 1.29 is 23.8 Å². The van der Waals surface area contributed by atoms with Gasteiger partial charge in [-0.05, 0) is 36.4 Å². The monoisotopic (exact) mass is 376 g/mol. The Morgan fingerprint density at radius 3 is 2.82 bits per heavy atom. The van der Waals surface area contributed by atoms with E-state index in [1.807, 2.05) is 24.4 Å². The van der Waals surface area contributed by atoms with Gasteiger partial charge in [0.15, 0.2) is 11.5 Å². The number of fused-ring (bicyclic) bond motifs is 2. The smallest absolute Gasteiger partial charge is 0.261 e. The molecular formula is C21H16N2O5. The Labute approximate surface area is 160 Å². The van der Waals surface area contributed by atoms with Crippen molar-refractivity contribution in [1.82, 2.24) is 4.98 Å². The molecule has 0 saturated carbocycles. The number of aromatic nitrogens is 1. The SMILES string of the molecule is COc1ccc2[nH]cc(/C=C3/CC(=O)N(c4ccc5c(c4)OCO5)C3=O)c2c1. The first kappa shape index (κ1) is 16.4. The average Bonchev–Trinajstić information content (AvgIpc) is 3.39. The van der Waals surface area contributed by atoms with Crippen molar-refractivity contribution >= 4 is 34.5 Å². The van der Waals surface area contributed by atoms with E-state index >= 15 is 0 Å². The molecule has 0 aliphatic carbocycles. The van der Waals surface area contributed by atoms with Crippen LogP contribution in [0.15, 0.2) is 48.2 Å². The predicted octanol–water partition coefficient (Wildman–Crippen LogP) is 3.25. The van der Waals surface area contributed by atoms with Crippen LogP contribution in [0.25, 0.3) is 17.0 Å². The lowest BCUT2D eigenvalue weighted by molar-refractivity contribution is -0.120. The van der Waals surface area contributed by atoms with Crippen molar-refractivity contribution in [2.45, 2.75) is 6.42 Å². The Hall–Kier alpha value is -3.74. The molecule has 0 bridgehead atoms. The maximum absolute atomic E-state index is 12.9. The van der Waals surface area contributed by atoms with E-state index in [1.54, 1.807) is 31.4 Å². The molecular weight excluding hydrogens is 360 g/mol. The first-order chi connectivity index (χ1) is 13.6. The third-order valence-electron chi connectivity index (χ3n) is 4.93. The molecule has 0 spiro atoms. The maximum Gasteiger partial charge on any atom is 0.261 e. The number of imide groups is 1. The van der Waals surface area contributed by atoms with Crippen molar-refractivity contribution in [2.75, 3.05) is 18.8 Å². The van der Waals surface area contributed by atoms with Crippen molar-refractivity contribution in [3.63, 3.8) is 0 Å². The van der Waals surface area contributed by atoms with Gasteiger partial charge in [-0.2, -0.15) is 0 Å². The third-order valence-corrected chi connectivity index (χ3v) is 4.93. The summed E-state index contributed by atoms with van der Waals surface area (Å²) in [6.45, 7) is 0.135. The molecule has 1 saturated heterocycles. The zero-order valence-corrected chi connectivity index (χ0v) is 15.0. The summed E-state index contributed by atoms with van der Waals surface area (Å²) in [7, 11) is 1.61. The number of carbonyl (C=O) groups excluding carboxylic acids is 2. The minimum Gasteiger partial charge on any atom is -0.497 e. The number of carbonyl (C=O) groups is 2. The van der Waals surface area contributed by atoms with Crippen LogP contribution in [0.4, 0.5) is 5.69 Å². The quantitative estimate of drug-likeness (QED) is 0.561. The molecule has 7 nitrogen and oxygen atoms in total. The Bertz CT molecular complexity index is 1160. The number of rotatable bonds is 3. The van der Waals surface area contributed by atoms with Crippen LogP contribution in [0.5, 0.6) is 17.2 Å². The van der Waals surface area contributed by atoms with Gasteiger partial charge in [-0.15, -0.1) is 0 Å². The molecule has 2 aliphatic heterocycles. The lowest BCUT2D eigenvalue weighted by Gasteiger charge is -2.13. The second kappa shape index (κ2) is 6.16. The van der Waals surface area contributed by atoms with E-state index in [1.165, 1.54) is 4.90 Å². The summed E-state index contributed by atoms with van der Waals surface area (Å²) in [4.78, 5) is 29.8. The van der Waals surface area contributed by atoms with E-state index in [0.717, 1.165) is 22.2 Å². The van der Waals surface area contributed by atoms with Crippen LogP contribution >= 0.6 is 0 Å². The van der Waals surface area contributed by atoms with Crippen LogP contribution in [0.2, 0.25) is 0 Å². The largest absolute Gasteiger partial charge is 0.497 e. The first-order valence-electron chi connectivity index (χ1n) is 8.76. The van der Waals surface area contributed by atoms with Crippen molar-refractivity contribution in [3.8, 4) is 17.2 Å². The van der Waals surface area contributed by atoms with Gasteiger partial charge in [0, 0.05) is 34.3 Å². The fourth-order valence-corrected chi connectivity index (χ4v) is 3.53. The molecule has 1 fully saturated rings. The fraction of sp³-hybridized carbons (Fsp3) is 0.143. The highest BCUT2D eigenvalue weighted by Crippen LogP contribution is 2.38. The number of hydrogen-bond acceptors (Lipinski definition) is 5. The second-order valence-electron chi connectivity index (χ2n) is 6.57. The van der Waals surface area contributed by atoms with Gasteiger partial charge in [0.05, 0.1) is 19.2 Å². The van der Waals surface area contributed by atoms with E-state index in [0.29, 0.717) is 22.8 Å². The Kier molecular flexibility index (Phi) is 3.61. The van der Waals surface area contributed by atoms with Gasteiger partial charge in [0.2, 0.25) is 12.7 Å². The number of ether oxygens (including phenoxy) is 3. The number of benzene rings is 2. The number of amides is 2. The standard InChI is InChI=1S/C21H16N2O5/c1-26-15-3-4-17-16(9-15)13(10-22-17)6-12-7-20(24)23(21(12)25)14-2-5-18-19(8-14)28-11-27-18/h2-6,8-10,22H,7,11H2,1H3/b12-6-. The van der Waals surface area contributed by atoms with Crippen LogP contribution in [0, 0.1) is 0 Å². The average molecular weight is 376 g/mol. The summed E-state index contributed by atoms with van der Waals surface area (Å²) in [5.41, 5.74) is 2.67. The van der Waals surface area contributed by atoms with Crippen LogP contribution in [-0.4, -0.2) is 30.7 Å². The topological polar surface area (TPSA) is 80.9 Å². The van der Waals surface area contributed by atoms with E-state index in [9.17, 15) is 9.59 Å². The summed E-state index contributed by atoms with van der Waals surface area (Å²) in [5, 5.41) is 0.925. The fourth-order valence-electron chi connectivity index (χ4n) is 3.53. The molecule has 0 radical (unpaired) electrons. The first-order valence-corrected chi connectivity index (χ1v) is 8.76. The molecule has 0 atom stereocenters. The van der Waals surface area contributed by atoms with Crippen LogP contribution < -0.4 is 19.1 Å². The molecule has 2 aromatic carbocycles. The Balaban J connectivity index is 1.51. The second-order valence-corrected chi connectivity index (χ2v) is 6.57. The van der Waals surface area contributed by atoms with Gasteiger partial charge in [0.1, 0.15) is 5.75 Å². The number of H-pyrrole nitrogens is 1. The highest BCUT2D eigenvalue weighted by Gasteiger charge is 2.35.